The molecule has 0 radical (unpaired) electrons. The Hall–Kier alpha value is -3.77. The molecule has 0 saturated carbocycles. The van der Waals surface area contributed by atoms with E-state index in [1.807, 2.05) is 18.2 Å². The number of aliphatic carboxylic acids is 1. The molecule has 0 aliphatic rings. The van der Waals surface area contributed by atoms with Gasteiger partial charge in [0.1, 0.15) is 29.3 Å². The first-order valence-electron chi connectivity index (χ1n) is 13.4. The van der Waals surface area contributed by atoms with Gasteiger partial charge in [-0.25, -0.2) is 4.39 Å². The van der Waals surface area contributed by atoms with E-state index >= 15 is 0 Å². The van der Waals surface area contributed by atoms with E-state index in [0.29, 0.717) is 29.4 Å². The van der Waals surface area contributed by atoms with E-state index in [4.69, 9.17) is 14.3 Å². The Morgan fingerprint density at radius 1 is 0.975 bits per heavy atom. The van der Waals surface area contributed by atoms with Crippen LogP contribution < -0.4 is 4.74 Å². The van der Waals surface area contributed by atoms with Gasteiger partial charge in [0.25, 0.3) is 0 Å². The third-order valence-corrected chi connectivity index (χ3v) is 8.31. The van der Waals surface area contributed by atoms with Crippen LogP contribution in [0.1, 0.15) is 44.4 Å². The van der Waals surface area contributed by atoms with Crippen molar-refractivity contribution >= 4 is 39.7 Å². The standard InChI is InChI=1S/C34H33FO4S/c1-21(33(36)37)19-40-20-23-13-14-24(17-30(23)35)38-18-22-12-15-25(29(16-22)34(2,3)4)27-9-7-10-28-26-8-5-6-11-31(26)39-32(27)28/h5-17,21H,18-20H2,1-4H3,(H,36,37). The number of hydrogen-bond acceptors (Lipinski definition) is 4. The number of halogens is 1. The first kappa shape index (κ1) is 27.8. The summed E-state index contributed by atoms with van der Waals surface area (Å²) in [5.74, 6) is -0.351. The van der Waals surface area contributed by atoms with Gasteiger partial charge in [0.2, 0.25) is 0 Å². The summed E-state index contributed by atoms with van der Waals surface area (Å²) in [6, 6.07) is 25.6. The number of carboxylic acid groups (broad SMARTS) is 1. The van der Waals surface area contributed by atoms with E-state index in [9.17, 15) is 9.18 Å². The van der Waals surface area contributed by atoms with Crippen LogP contribution in [0.15, 0.2) is 83.3 Å². The molecule has 0 amide bonds. The zero-order chi connectivity index (χ0) is 28.4. The lowest BCUT2D eigenvalue weighted by atomic mass is 9.80. The second kappa shape index (κ2) is 11.4. The van der Waals surface area contributed by atoms with Crippen LogP contribution in [-0.4, -0.2) is 16.8 Å². The second-order valence-corrected chi connectivity index (χ2v) is 12.2. The number of carboxylic acids is 1. The largest absolute Gasteiger partial charge is 0.489 e. The Kier molecular flexibility index (Phi) is 7.90. The Morgan fingerprint density at radius 3 is 2.50 bits per heavy atom. The van der Waals surface area contributed by atoms with Gasteiger partial charge in [0.15, 0.2) is 0 Å². The third kappa shape index (κ3) is 5.87. The molecule has 4 nitrogen and oxygen atoms in total. The number of furan rings is 1. The molecule has 0 aliphatic carbocycles. The van der Waals surface area contributed by atoms with Crippen molar-refractivity contribution in [3.63, 3.8) is 0 Å². The average molecular weight is 557 g/mol. The van der Waals surface area contributed by atoms with Gasteiger partial charge in [-0.2, -0.15) is 11.8 Å². The highest BCUT2D eigenvalue weighted by atomic mass is 32.2. The first-order chi connectivity index (χ1) is 19.1. The fourth-order valence-electron chi connectivity index (χ4n) is 4.81. The summed E-state index contributed by atoms with van der Waals surface area (Å²) >= 11 is 1.41. The number of fused-ring (bicyclic) bond motifs is 3. The average Bonchev–Trinajstić information content (AvgIpc) is 3.31. The number of carbonyl (C=O) groups is 1. The Balaban J connectivity index is 1.36. The molecule has 40 heavy (non-hydrogen) atoms. The van der Waals surface area contributed by atoms with Crippen molar-refractivity contribution in [1.82, 2.24) is 0 Å². The molecule has 1 atom stereocenters. The summed E-state index contributed by atoms with van der Waals surface area (Å²) in [5, 5.41) is 11.2. The number of hydrogen-bond donors (Lipinski definition) is 1. The minimum atomic E-state index is -0.842. The van der Waals surface area contributed by atoms with E-state index in [-0.39, 0.29) is 11.2 Å². The van der Waals surface area contributed by atoms with Gasteiger partial charge in [0.05, 0.1) is 5.92 Å². The summed E-state index contributed by atoms with van der Waals surface area (Å²) in [4.78, 5) is 11.0. The monoisotopic (exact) mass is 556 g/mol. The molecule has 0 fully saturated rings. The van der Waals surface area contributed by atoms with E-state index < -0.39 is 11.9 Å². The van der Waals surface area contributed by atoms with Gasteiger partial charge in [-0.1, -0.05) is 88.4 Å². The van der Waals surface area contributed by atoms with Crippen LogP contribution in [0.4, 0.5) is 4.39 Å². The molecule has 1 N–H and O–H groups in total. The Morgan fingerprint density at radius 2 is 1.75 bits per heavy atom. The second-order valence-electron chi connectivity index (χ2n) is 11.2. The van der Waals surface area contributed by atoms with Crippen LogP contribution in [0.5, 0.6) is 5.75 Å². The molecule has 5 aromatic rings. The molecule has 5 rings (SSSR count). The van der Waals surface area contributed by atoms with Crippen molar-refractivity contribution < 1.29 is 23.4 Å². The number of benzene rings is 4. The molecule has 0 spiro atoms. The molecule has 4 aromatic carbocycles. The van der Waals surface area contributed by atoms with Crippen LogP contribution in [0, 0.1) is 11.7 Å². The van der Waals surface area contributed by atoms with Gasteiger partial charge in [-0.05, 0) is 39.8 Å². The minimum absolute atomic E-state index is 0.136. The molecule has 6 heteroatoms. The zero-order valence-electron chi connectivity index (χ0n) is 23.2. The summed E-state index contributed by atoms with van der Waals surface area (Å²) in [6.45, 7) is 8.54. The molecule has 0 bridgehead atoms. The molecular weight excluding hydrogens is 523 g/mol. The van der Waals surface area contributed by atoms with Crippen LogP contribution >= 0.6 is 11.8 Å². The molecule has 206 valence electrons. The lowest BCUT2D eigenvalue weighted by Gasteiger charge is -2.24. The maximum atomic E-state index is 14.7. The summed E-state index contributed by atoms with van der Waals surface area (Å²) in [6.07, 6.45) is 0. The van der Waals surface area contributed by atoms with Gasteiger partial charge in [-0.3, -0.25) is 4.79 Å². The topological polar surface area (TPSA) is 59.7 Å². The number of para-hydroxylation sites is 2. The Bertz CT molecular complexity index is 1680. The molecule has 1 heterocycles. The van der Waals surface area contributed by atoms with E-state index in [2.05, 4.69) is 63.2 Å². The van der Waals surface area contributed by atoms with Crippen molar-refractivity contribution in [2.75, 3.05) is 5.75 Å². The summed E-state index contributed by atoms with van der Waals surface area (Å²) in [7, 11) is 0. The highest BCUT2D eigenvalue weighted by Crippen LogP contribution is 2.40. The number of ether oxygens (including phenoxy) is 1. The SMILES string of the molecule is CC(CSCc1ccc(OCc2ccc(-c3cccc4c3oc3ccccc34)c(C(C)(C)C)c2)cc1F)C(=O)O. The molecule has 0 aliphatic heterocycles. The number of thioether (sulfide) groups is 1. The fourth-order valence-corrected chi connectivity index (χ4v) is 5.88. The van der Waals surface area contributed by atoms with Crippen molar-refractivity contribution in [3.05, 3.63) is 101 Å². The maximum Gasteiger partial charge on any atom is 0.307 e. The van der Waals surface area contributed by atoms with Crippen LogP contribution in [0.2, 0.25) is 0 Å². The smallest absolute Gasteiger partial charge is 0.307 e. The minimum Gasteiger partial charge on any atom is -0.489 e. The highest BCUT2D eigenvalue weighted by Gasteiger charge is 2.22. The lowest BCUT2D eigenvalue weighted by Crippen LogP contribution is -2.14. The summed E-state index contributed by atoms with van der Waals surface area (Å²) in [5.41, 5.74) is 6.50. The predicted molar refractivity (Wildman–Crippen MR) is 162 cm³/mol. The molecule has 1 aromatic heterocycles. The van der Waals surface area contributed by atoms with E-state index in [0.717, 1.165) is 38.6 Å². The fraction of sp³-hybridized carbons (Fsp3) is 0.265. The van der Waals surface area contributed by atoms with E-state index in [1.54, 1.807) is 19.1 Å². The normalized spacial score (nSPS) is 12.6. The molecule has 0 saturated heterocycles. The van der Waals surface area contributed by atoms with Crippen molar-refractivity contribution in [1.29, 1.82) is 0 Å². The number of rotatable bonds is 9. The van der Waals surface area contributed by atoms with Gasteiger partial charge < -0.3 is 14.3 Å². The van der Waals surface area contributed by atoms with Crippen LogP contribution in [-0.2, 0) is 22.6 Å². The lowest BCUT2D eigenvalue weighted by molar-refractivity contribution is -0.140. The maximum absolute atomic E-state index is 14.7. The first-order valence-corrected chi connectivity index (χ1v) is 14.5. The molecule has 1 unspecified atom stereocenters. The Labute approximate surface area is 238 Å². The van der Waals surface area contributed by atoms with Gasteiger partial charge in [0, 0.05) is 33.9 Å². The van der Waals surface area contributed by atoms with Crippen LogP contribution in [0.25, 0.3) is 33.1 Å². The highest BCUT2D eigenvalue weighted by molar-refractivity contribution is 7.98. The van der Waals surface area contributed by atoms with Crippen molar-refractivity contribution in [2.45, 2.75) is 45.5 Å². The molecular formula is C34H33FO4S. The summed E-state index contributed by atoms with van der Waals surface area (Å²) < 4.78 is 27.0. The quantitative estimate of drug-likeness (QED) is 0.196. The van der Waals surface area contributed by atoms with Crippen molar-refractivity contribution in [2.24, 2.45) is 5.92 Å². The predicted octanol–water partition coefficient (Wildman–Crippen LogP) is 9.22. The zero-order valence-corrected chi connectivity index (χ0v) is 24.0. The van der Waals surface area contributed by atoms with Gasteiger partial charge in [-0.15, -0.1) is 0 Å². The van der Waals surface area contributed by atoms with Crippen molar-refractivity contribution in [3.8, 4) is 16.9 Å². The van der Waals surface area contributed by atoms with Gasteiger partial charge >= 0.3 is 5.97 Å². The third-order valence-electron chi connectivity index (χ3n) is 7.06. The van der Waals surface area contributed by atoms with Crippen LogP contribution in [0.3, 0.4) is 0 Å². The van der Waals surface area contributed by atoms with E-state index in [1.165, 1.54) is 23.4 Å².